The third-order valence-corrected chi connectivity index (χ3v) is 8.34. The molecule has 1 aliphatic heterocycles. The Kier molecular flexibility index (Phi) is 7.68. The van der Waals surface area contributed by atoms with Crippen LogP contribution in [0.4, 0.5) is 18.9 Å². The number of methoxy groups -OCH3 is 1. The van der Waals surface area contributed by atoms with Gasteiger partial charge in [-0.3, -0.25) is 4.31 Å². The van der Waals surface area contributed by atoms with Crippen molar-refractivity contribution in [2.75, 3.05) is 18.0 Å². The van der Waals surface area contributed by atoms with E-state index in [1.54, 1.807) is 12.1 Å². The maximum Gasteiger partial charge on any atom is 0.416 e. The van der Waals surface area contributed by atoms with Gasteiger partial charge in [0.15, 0.2) is 0 Å². The molecule has 9 heteroatoms. The number of benzene rings is 2. The smallest absolute Gasteiger partial charge is 0.416 e. The van der Waals surface area contributed by atoms with E-state index in [2.05, 4.69) is 12.7 Å². The van der Waals surface area contributed by atoms with Gasteiger partial charge in [-0.15, -0.1) is 0 Å². The van der Waals surface area contributed by atoms with Gasteiger partial charge in [0.2, 0.25) is 0 Å². The maximum atomic E-state index is 13.7. The number of rotatable bonds is 7. The van der Waals surface area contributed by atoms with Gasteiger partial charge in [-0.25, -0.2) is 8.42 Å². The number of halogens is 3. The molecule has 0 amide bonds. The summed E-state index contributed by atoms with van der Waals surface area (Å²) in [6.07, 6.45) is 3.26. The van der Waals surface area contributed by atoms with Crippen molar-refractivity contribution in [1.29, 1.82) is 0 Å². The van der Waals surface area contributed by atoms with Gasteiger partial charge < -0.3 is 9.47 Å². The summed E-state index contributed by atoms with van der Waals surface area (Å²) in [5.74, 6) is 0.904. The number of alkyl halides is 3. The number of allylic oxidation sites excluding steroid dienone is 2. The van der Waals surface area contributed by atoms with E-state index < -0.39 is 32.8 Å². The molecule has 1 heterocycles. The minimum absolute atomic E-state index is 0.0391. The molecule has 0 spiro atoms. The molecular formula is C27H30F3NO4S. The first-order valence-electron chi connectivity index (χ1n) is 12.0. The number of fused-ring (bicyclic) bond motifs is 1. The fourth-order valence-electron chi connectivity index (χ4n) is 4.57. The zero-order chi connectivity index (χ0) is 25.9. The molecule has 0 aromatic heterocycles. The summed E-state index contributed by atoms with van der Waals surface area (Å²) in [4.78, 5) is -0.415. The molecule has 0 saturated heterocycles. The van der Waals surface area contributed by atoms with Crippen LogP contribution in [0.2, 0.25) is 0 Å². The molecular weight excluding hydrogens is 491 g/mol. The second-order valence-corrected chi connectivity index (χ2v) is 11.0. The quantitative estimate of drug-likeness (QED) is 0.370. The van der Waals surface area contributed by atoms with Gasteiger partial charge in [-0.2, -0.15) is 13.2 Å². The molecule has 4 rings (SSSR count). The Morgan fingerprint density at radius 1 is 1.17 bits per heavy atom. The Balaban J connectivity index is 1.73. The van der Waals surface area contributed by atoms with E-state index in [4.69, 9.17) is 9.47 Å². The standard InChI is InChI=1S/C27H30F3NO4S/c1-19(34-2)11-13-23-18-31(36(32,33)24-10-6-9-22(17-24)27(28,29)30)25-16-21(12-14-26(25)35-23)15-20-7-4-3-5-8-20/h6,9-10,12,14-17,23H,1,3-5,7-8,11,13,18H2,2H3/t23-/m0/s1. The molecule has 0 unspecified atom stereocenters. The fraction of sp³-hybridized carbons (Fsp3) is 0.407. The van der Waals surface area contributed by atoms with E-state index in [1.807, 2.05) is 6.07 Å². The molecule has 36 heavy (non-hydrogen) atoms. The van der Waals surface area contributed by atoms with Gasteiger partial charge in [0, 0.05) is 6.42 Å². The number of anilines is 1. The average molecular weight is 522 g/mol. The van der Waals surface area contributed by atoms with Gasteiger partial charge in [0.1, 0.15) is 11.9 Å². The van der Waals surface area contributed by atoms with Crippen molar-refractivity contribution in [3.05, 3.63) is 71.5 Å². The topological polar surface area (TPSA) is 55.8 Å². The van der Waals surface area contributed by atoms with Gasteiger partial charge in [-0.05, 0) is 68.0 Å². The first-order chi connectivity index (χ1) is 17.1. The fourth-order valence-corrected chi connectivity index (χ4v) is 6.11. The zero-order valence-electron chi connectivity index (χ0n) is 20.2. The van der Waals surface area contributed by atoms with Crippen molar-refractivity contribution in [2.24, 2.45) is 0 Å². The van der Waals surface area contributed by atoms with Crippen LogP contribution in [0.15, 0.2) is 65.3 Å². The predicted molar refractivity (Wildman–Crippen MR) is 133 cm³/mol. The normalized spacial score (nSPS) is 18.3. The molecule has 0 radical (unpaired) electrons. The second kappa shape index (κ2) is 10.6. The molecule has 1 saturated carbocycles. The van der Waals surface area contributed by atoms with Gasteiger partial charge in [0.25, 0.3) is 10.0 Å². The summed E-state index contributed by atoms with van der Waals surface area (Å²) in [6.45, 7) is 3.76. The number of ether oxygens (including phenoxy) is 2. The van der Waals surface area contributed by atoms with Crippen LogP contribution < -0.4 is 9.04 Å². The zero-order valence-corrected chi connectivity index (χ0v) is 21.0. The van der Waals surface area contributed by atoms with E-state index in [0.717, 1.165) is 43.4 Å². The van der Waals surface area contributed by atoms with Crippen molar-refractivity contribution in [1.82, 2.24) is 0 Å². The highest BCUT2D eigenvalue weighted by molar-refractivity contribution is 7.92. The van der Waals surface area contributed by atoms with Crippen molar-refractivity contribution in [3.8, 4) is 5.75 Å². The lowest BCUT2D eigenvalue weighted by Gasteiger charge is -2.36. The van der Waals surface area contributed by atoms with Crippen molar-refractivity contribution < 1.29 is 31.1 Å². The van der Waals surface area contributed by atoms with E-state index in [9.17, 15) is 21.6 Å². The van der Waals surface area contributed by atoms with Crippen LogP contribution >= 0.6 is 0 Å². The maximum absolute atomic E-state index is 13.7. The summed E-state index contributed by atoms with van der Waals surface area (Å²) < 4.78 is 79.8. The molecule has 0 N–H and O–H groups in total. The van der Waals surface area contributed by atoms with Gasteiger partial charge >= 0.3 is 6.18 Å². The molecule has 194 valence electrons. The number of nitrogens with zero attached hydrogens (tertiary/aromatic N) is 1. The van der Waals surface area contributed by atoms with Crippen LogP contribution in [0.25, 0.3) is 6.08 Å². The summed E-state index contributed by atoms with van der Waals surface area (Å²) >= 11 is 0. The molecule has 0 bridgehead atoms. The number of hydrogen-bond donors (Lipinski definition) is 0. The summed E-state index contributed by atoms with van der Waals surface area (Å²) in [7, 11) is -2.80. The molecule has 1 aliphatic carbocycles. The molecule has 2 aromatic carbocycles. The Hall–Kier alpha value is -2.94. The van der Waals surface area contributed by atoms with Crippen LogP contribution in [0.5, 0.6) is 5.75 Å². The Morgan fingerprint density at radius 2 is 1.92 bits per heavy atom. The number of hydrogen-bond acceptors (Lipinski definition) is 4. The predicted octanol–water partition coefficient (Wildman–Crippen LogP) is 6.95. The number of sulfonamides is 1. The summed E-state index contributed by atoms with van der Waals surface area (Å²) in [5, 5.41) is 0. The lowest BCUT2D eigenvalue weighted by molar-refractivity contribution is -0.137. The lowest BCUT2D eigenvalue weighted by Crippen LogP contribution is -2.43. The summed E-state index contributed by atoms with van der Waals surface area (Å²) in [6, 6.07) is 9.20. The van der Waals surface area contributed by atoms with Crippen LogP contribution in [0.1, 0.15) is 56.1 Å². The van der Waals surface area contributed by atoms with Crippen LogP contribution in [0.3, 0.4) is 0 Å². The average Bonchev–Trinajstić information content (AvgIpc) is 2.87. The minimum Gasteiger partial charge on any atom is -0.502 e. The van der Waals surface area contributed by atoms with E-state index in [0.29, 0.717) is 36.1 Å². The molecule has 1 atom stereocenters. The molecule has 2 aliphatic rings. The van der Waals surface area contributed by atoms with Crippen LogP contribution in [-0.4, -0.2) is 28.2 Å². The Morgan fingerprint density at radius 3 is 2.61 bits per heavy atom. The largest absolute Gasteiger partial charge is 0.502 e. The van der Waals surface area contributed by atoms with Crippen molar-refractivity contribution in [3.63, 3.8) is 0 Å². The molecule has 5 nitrogen and oxygen atoms in total. The van der Waals surface area contributed by atoms with Gasteiger partial charge in [-0.1, -0.05) is 36.8 Å². The second-order valence-electron chi connectivity index (χ2n) is 9.17. The summed E-state index contributed by atoms with van der Waals surface area (Å²) in [5.41, 5.74) is 1.45. The van der Waals surface area contributed by atoms with Crippen molar-refractivity contribution in [2.45, 2.75) is 62.1 Å². The lowest BCUT2D eigenvalue weighted by atomic mass is 9.93. The first kappa shape index (κ1) is 26.1. The van der Waals surface area contributed by atoms with Gasteiger partial charge in [0.05, 0.1) is 35.6 Å². The van der Waals surface area contributed by atoms with E-state index in [-0.39, 0.29) is 6.54 Å². The van der Waals surface area contributed by atoms with E-state index in [1.165, 1.54) is 29.5 Å². The monoisotopic (exact) mass is 521 g/mol. The van der Waals surface area contributed by atoms with Crippen LogP contribution in [-0.2, 0) is 20.9 Å². The third kappa shape index (κ3) is 5.88. The third-order valence-electron chi connectivity index (χ3n) is 6.56. The minimum atomic E-state index is -4.66. The highest BCUT2D eigenvalue weighted by Gasteiger charge is 2.37. The highest BCUT2D eigenvalue weighted by atomic mass is 32.2. The van der Waals surface area contributed by atoms with Crippen LogP contribution in [0, 0.1) is 0 Å². The molecule has 1 fully saturated rings. The molecule has 2 aromatic rings. The Bertz CT molecular complexity index is 1250. The van der Waals surface area contributed by atoms with Crippen molar-refractivity contribution >= 4 is 21.8 Å². The SMILES string of the molecule is C=C(CC[C@H]1CN(S(=O)(=O)c2cccc(C(F)(F)F)c2)c2cc(C=C3CCCCC3)ccc2O1)OC. The Labute approximate surface area is 210 Å². The highest BCUT2D eigenvalue weighted by Crippen LogP contribution is 2.40. The first-order valence-corrected chi connectivity index (χ1v) is 13.4. The van der Waals surface area contributed by atoms with E-state index >= 15 is 0 Å².